The van der Waals surface area contributed by atoms with Crippen molar-refractivity contribution in [1.82, 2.24) is 5.32 Å². The molecule has 3 N–H and O–H groups in total. The fourth-order valence-corrected chi connectivity index (χ4v) is 5.41. The van der Waals surface area contributed by atoms with Crippen molar-refractivity contribution in [2.24, 2.45) is 0 Å². The number of aromatic hydroxyl groups is 2. The normalized spacial score (nSPS) is 17.5. The average molecular weight is 341 g/mol. The molecule has 1 amide bonds. The van der Waals surface area contributed by atoms with Gasteiger partial charge in [-0.15, -0.1) is 0 Å². The second-order valence-electron chi connectivity index (χ2n) is 5.50. The van der Waals surface area contributed by atoms with E-state index in [1.807, 2.05) is 21.6 Å². The predicted molar refractivity (Wildman–Crippen MR) is 93.4 cm³/mol. The maximum Gasteiger partial charge on any atom is 0.220 e. The molecule has 0 bridgehead atoms. The van der Waals surface area contributed by atoms with Crippen LogP contribution >= 0.6 is 21.6 Å². The highest BCUT2D eigenvalue weighted by Crippen LogP contribution is 2.39. The molecule has 1 aliphatic heterocycles. The largest absolute Gasteiger partial charge is 0.504 e. The second kappa shape index (κ2) is 9.20. The summed E-state index contributed by atoms with van der Waals surface area (Å²) in [6.45, 7) is 0.554. The van der Waals surface area contributed by atoms with E-state index in [0.717, 1.165) is 23.7 Å². The van der Waals surface area contributed by atoms with Crippen LogP contribution in [0, 0.1) is 0 Å². The lowest BCUT2D eigenvalue weighted by molar-refractivity contribution is -0.121. The van der Waals surface area contributed by atoms with Crippen molar-refractivity contribution in [3.05, 3.63) is 23.8 Å². The molecule has 1 aliphatic rings. The maximum atomic E-state index is 11.7. The minimum absolute atomic E-state index is 0.0939. The van der Waals surface area contributed by atoms with Crippen LogP contribution in [0.2, 0.25) is 0 Å². The summed E-state index contributed by atoms with van der Waals surface area (Å²) in [5.41, 5.74) is 0.895. The van der Waals surface area contributed by atoms with Gasteiger partial charge in [0.05, 0.1) is 0 Å². The number of unbranched alkanes of at least 4 members (excludes halogenated alkanes) is 1. The SMILES string of the molecule is O=C(CCCC[C@@H]1CCSS1)NCCc1ccc(O)c(O)c1. The number of phenolic OH excluding ortho intramolecular Hbond substituents is 2. The van der Waals surface area contributed by atoms with Crippen molar-refractivity contribution >= 4 is 27.5 Å². The van der Waals surface area contributed by atoms with Crippen LogP contribution in [-0.4, -0.2) is 33.7 Å². The summed E-state index contributed by atoms with van der Waals surface area (Å²) in [4.78, 5) is 11.7. The van der Waals surface area contributed by atoms with E-state index in [-0.39, 0.29) is 17.4 Å². The topological polar surface area (TPSA) is 69.6 Å². The molecule has 122 valence electrons. The number of carbonyl (C=O) groups is 1. The molecule has 2 rings (SSSR count). The van der Waals surface area contributed by atoms with Crippen LogP contribution in [0.5, 0.6) is 11.5 Å². The third-order valence-electron chi connectivity index (χ3n) is 3.68. The zero-order valence-corrected chi connectivity index (χ0v) is 14.2. The summed E-state index contributed by atoms with van der Waals surface area (Å²) in [6, 6.07) is 4.74. The molecule has 0 aliphatic carbocycles. The van der Waals surface area contributed by atoms with E-state index in [1.54, 1.807) is 6.07 Å². The predicted octanol–water partition coefficient (Wildman–Crippen LogP) is 3.47. The minimum Gasteiger partial charge on any atom is -0.504 e. The molecule has 1 heterocycles. The third kappa shape index (κ3) is 6.01. The van der Waals surface area contributed by atoms with Gasteiger partial charge in [-0.1, -0.05) is 34.1 Å². The van der Waals surface area contributed by atoms with Crippen molar-refractivity contribution in [2.45, 2.75) is 43.8 Å². The van der Waals surface area contributed by atoms with E-state index >= 15 is 0 Å². The van der Waals surface area contributed by atoms with E-state index in [1.165, 1.54) is 30.7 Å². The van der Waals surface area contributed by atoms with Gasteiger partial charge in [0.25, 0.3) is 0 Å². The quantitative estimate of drug-likeness (QED) is 0.384. The van der Waals surface area contributed by atoms with E-state index in [0.29, 0.717) is 19.4 Å². The summed E-state index contributed by atoms with van der Waals surface area (Å²) in [7, 11) is 3.95. The highest BCUT2D eigenvalue weighted by molar-refractivity contribution is 8.77. The monoisotopic (exact) mass is 341 g/mol. The first-order chi connectivity index (χ1) is 10.6. The van der Waals surface area contributed by atoms with E-state index in [4.69, 9.17) is 0 Å². The van der Waals surface area contributed by atoms with Gasteiger partial charge in [-0.25, -0.2) is 0 Å². The highest BCUT2D eigenvalue weighted by Gasteiger charge is 2.15. The Morgan fingerprint density at radius 1 is 1.27 bits per heavy atom. The number of phenols is 2. The molecule has 22 heavy (non-hydrogen) atoms. The zero-order valence-electron chi connectivity index (χ0n) is 12.6. The van der Waals surface area contributed by atoms with Crippen molar-refractivity contribution in [3.8, 4) is 11.5 Å². The number of rotatable bonds is 8. The Bertz CT molecular complexity index is 490. The molecule has 6 heteroatoms. The van der Waals surface area contributed by atoms with Gasteiger partial charge < -0.3 is 15.5 Å². The summed E-state index contributed by atoms with van der Waals surface area (Å²) in [5.74, 6) is 1.12. The Labute approximate surface area is 139 Å². The summed E-state index contributed by atoms with van der Waals surface area (Å²) in [6.07, 6.45) is 5.84. The summed E-state index contributed by atoms with van der Waals surface area (Å²) >= 11 is 0. The van der Waals surface area contributed by atoms with Crippen molar-refractivity contribution in [3.63, 3.8) is 0 Å². The minimum atomic E-state index is -0.119. The molecule has 4 nitrogen and oxygen atoms in total. The molecule has 0 unspecified atom stereocenters. The second-order valence-corrected chi connectivity index (χ2v) is 8.29. The Morgan fingerprint density at radius 2 is 2.14 bits per heavy atom. The molecule has 0 spiro atoms. The number of hydrogen-bond acceptors (Lipinski definition) is 5. The van der Waals surface area contributed by atoms with Crippen LogP contribution in [0.15, 0.2) is 18.2 Å². The van der Waals surface area contributed by atoms with Crippen LogP contribution in [0.25, 0.3) is 0 Å². The Kier molecular flexibility index (Phi) is 7.25. The van der Waals surface area contributed by atoms with Gasteiger partial charge in [0.15, 0.2) is 11.5 Å². The van der Waals surface area contributed by atoms with Crippen LogP contribution in [-0.2, 0) is 11.2 Å². The molecule has 1 saturated heterocycles. The number of carbonyl (C=O) groups excluding carboxylic acids is 1. The molecule has 1 aromatic rings. The zero-order chi connectivity index (χ0) is 15.8. The molecular weight excluding hydrogens is 318 g/mol. The Morgan fingerprint density at radius 3 is 2.86 bits per heavy atom. The standard InChI is InChI=1S/C16H23NO3S2/c18-14-6-5-12(11-15(14)19)7-9-17-16(20)4-2-1-3-13-8-10-21-22-13/h5-6,11,13,18-19H,1-4,7-10H2,(H,17,20)/t13-/m1/s1. The first-order valence-electron chi connectivity index (χ1n) is 7.71. The molecule has 1 aromatic carbocycles. The van der Waals surface area contributed by atoms with E-state index in [2.05, 4.69) is 5.32 Å². The maximum absolute atomic E-state index is 11.7. The van der Waals surface area contributed by atoms with Crippen molar-refractivity contribution in [1.29, 1.82) is 0 Å². The molecule has 0 radical (unpaired) electrons. The number of hydrogen-bond donors (Lipinski definition) is 3. The fraction of sp³-hybridized carbons (Fsp3) is 0.562. The number of nitrogens with one attached hydrogen (secondary N) is 1. The first kappa shape index (κ1) is 17.3. The summed E-state index contributed by atoms with van der Waals surface area (Å²) in [5, 5.41) is 22.3. The molecule has 0 aromatic heterocycles. The van der Waals surface area contributed by atoms with Gasteiger partial charge in [0, 0.05) is 24.0 Å². The molecule has 1 fully saturated rings. The Hall–Kier alpha value is -1.01. The first-order valence-corrected chi connectivity index (χ1v) is 10.1. The lowest BCUT2D eigenvalue weighted by Crippen LogP contribution is -2.25. The van der Waals surface area contributed by atoms with Gasteiger partial charge in [-0.05, 0) is 43.4 Å². The molecular formula is C16H23NO3S2. The van der Waals surface area contributed by atoms with Gasteiger partial charge >= 0.3 is 0 Å². The van der Waals surface area contributed by atoms with Crippen LogP contribution in [0.1, 0.15) is 37.7 Å². The van der Waals surface area contributed by atoms with Gasteiger partial charge in [0.1, 0.15) is 0 Å². The smallest absolute Gasteiger partial charge is 0.220 e. The number of benzene rings is 1. The molecule has 0 saturated carbocycles. The van der Waals surface area contributed by atoms with E-state index in [9.17, 15) is 15.0 Å². The van der Waals surface area contributed by atoms with Gasteiger partial charge in [-0.3, -0.25) is 4.79 Å². The van der Waals surface area contributed by atoms with Crippen LogP contribution in [0.3, 0.4) is 0 Å². The lowest BCUT2D eigenvalue weighted by Gasteiger charge is -2.08. The Balaban J connectivity index is 1.54. The number of amides is 1. The van der Waals surface area contributed by atoms with Gasteiger partial charge in [0.2, 0.25) is 5.91 Å². The van der Waals surface area contributed by atoms with Crippen LogP contribution in [0.4, 0.5) is 0 Å². The van der Waals surface area contributed by atoms with Crippen molar-refractivity contribution < 1.29 is 15.0 Å². The van der Waals surface area contributed by atoms with E-state index < -0.39 is 0 Å². The summed E-state index contributed by atoms with van der Waals surface area (Å²) < 4.78 is 0. The molecule has 1 atom stereocenters. The lowest BCUT2D eigenvalue weighted by atomic mass is 10.1. The fourth-order valence-electron chi connectivity index (χ4n) is 2.38. The third-order valence-corrected chi connectivity index (χ3v) is 6.69. The van der Waals surface area contributed by atoms with Crippen molar-refractivity contribution in [2.75, 3.05) is 12.3 Å². The highest BCUT2D eigenvalue weighted by atomic mass is 33.1. The van der Waals surface area contributed by atoms with Gasteiger partial charge in [-0.2, -0.15) is 0 Å². The van der Waals surface area contributed by atoms with Crippen LogP contribution < -0.4 is 5.32 Å². The average Bonchev–Trinajstić information content (AvgIpc) is 3.01.